The lowest BCUT2D eigenvalue weighted by molar-refractivity contribution is -0.122. The molecular formula is C17H18N2O5S. The molecule has 0 saturated heterocycles. The summed E-state index contributed by atoms with van der Waals surface area (Å²) in [5.41, 5.74) is 0.897. The van der Waals surface area contributed by atoms with Gasteiger partial charge in [0.25, 0.3) is 5.91 Å². The van der Waals surface area contributed by atoms with Crippen molar-refractivity contribution < 1.29 is 22.7 Å². The number of benzene rings is 2. The van der Waals surface area contributed by atoms with Gasteiger partial charge < -0.3 is 10.1 Å². The lowest BCUT2D eigenvalue weighted by atomic mass is 10.1. The maximum atomic E-state index is 12.2. The van der Waals surface area contributed by atoms with Gasteiger partial charge >= 0.3 is 0 Å². The summed E-state index contributed by atoms with van der Waals surface area (Å²) < 4.78 is 27.9. The van der Waals surface area contributed by atoms with Gasteiger partial charge in [-0.25, -0.2) is 13.6 Å². The van der Waals surface area contributed by atoms with Crippen molar-refractivity contribution in [2.75, 3.05) is 5.32 Å². The average molecular weight is 362 g/mol. The summed E-state index contributed by atoms with van der Waals surface area (Å²) in [5, 5.41) is 7.63. The summed E-state index contributed by atoms with van der Waals surface area (Å²) in [6.45, 7) is 3.01. The number of Topliss-reactive ketones (excluding diaryl/α,β-unsaturated/α-hetero) is 1. The first-order chi connectivity index (χ1) is 11.7. The van der Waals surface area contributed by atoms with Crippen molar-refractivity contribution in [2.45, 2.75) is 24.8 Å². The molecule has 132 valence electrons. The zero-order chi connectivity index (χ0) is 18.6. The van der Waals surface area contributed by atoms with Crippen LogP contribution in [0.5, 0.6) is 5.75 Å². The van der Waals surface area contributed by atoms with E-state index in [1.807, 2.05) is 0 Å². The highest BCUT2D eigenvalue weighted by Crippen LogP contribution is 2.17. The Morgan fingerprint density at radius 3 is 2.32 bits per heavy atom. The number of nitrogens with two attached hydrogens (primary N) is 1. The third-order valence-electron chi connectivity index (χ3n) is 3.37. The highest BCUT2D eigenvalue weighted by atomic mass is 32.2. The number of amides is 1. The topological polar surface area (TPSA) is 116 Å². The normalized spacial score (nSPS) is 12.3. The summed E-state index contributed by atoms with van der Waals surface area (Å²) in [4.78, 5) is 23.5. The Bertz CT molecular complexity index is 892. The van der Waals surface area contributed by atoms with Gasteiger partial charge in [0, 0.05) is 11.3 Å². The van der Waals surface area contributed by atoms with E-state index in [0.717, 1.165) is 0 Å². The first-order valence-corrected chi connectivity index (χ1v) is 8.93. The van der Waals surface area contributed by atoms with E-state index in [4.69, 9.17) is 9.88 Å². The first kappa shape index (κ1) is 18.6. The highest BCUT2D eigenvalue weighted by Gasteiger charge is 2.16. The first-order valence-electron chi connectivity index (χ1n) is 7.38. The minimum atomic E-state index is -3.78. The van der Waals surface area contributed by atoms with E-state index < -0.39 is 22.0 Å². The molecule has 0 aromatic heterocycles. The lowest BCUT2D eigenvalue weighted by Gasteiger charge is -2.15. The number of hydrogen-bond acceptors (Lipinski definition) is 5. The Labute approximate surface area is 145 Å². The molecule has 0 saturated carbocycles. The number of ketones is 1. The number of carbonyl (C=O) groups is 2. The molecule has 1 atom stereocenters. The molecule has 0 unspecified atom stereocenters. The van der Waals surface area contributed by atoms with Gasteiger partial charge in [-0.1, -0.05) is 12.1 Å². The van der Waals surface area contributed by atoms with Crippen LogP contribution in [0.15, 0.2) is 53.4 Å². The maximum Gasteiger partial charge on any atom is 0.265 e. The van der Waals surface area contributed by atoms with E-state index in [1.165, 1.54) is 31.2 Å². The van der Waals surface area contributed by atoms with Crippen LogP contribution in [0.2, 0.25) is 0 Å². The second-order valence-corrected chi connectivity index (χ2v) is 6.96. The predicted molar refractivity (Wildman–Crippen MR) is 93.0 cm³/mol. The number of hydrogen-bond donors (Lipinski definition) is 2. The Kier molecular flexibility index (Phi) is 5.55. The van der Waals surface area contributed by atoms with Crippen LogP contribution in [0, 0.1) is 0 Å². The molecule has 0 radical (unpaired) electrons. The van der Waals surface area contributed by atoms with Crippen LogP contribution in [0.3, 0.4) is 0 Å². The van der Waals surface area contributed by atoms with Crippen LogP contribution in [-0.2, 0) is 14.8 Å². The van der Waals surface area contributed by atoms with Gasteiger partial charge in [-0.3, -0.25) is 9.59 Å². The number of anilines is 1. The fourth-order valence-electron chi connectivity index (χ4n) is 2.02. The standard InChI is InChI=1S/C17H18N2O5S/c1-11(20)13-4-3-5-15(10-13)24-12(2)17(21)19-14-6-8-16(9-7-14)25(18,22)23/h3-10,12H,1-2H3,(H,19,21)(H2,18,22,23)/t12-/m0/s1. The molecule has 0 aliphatic rings. The van der Waals surface area contributed by atoms with Gasteiger partial charge in [0.2, 0.25) is 10.0 Å². The van der Waals surface area contributed by atoms with Crippen molar-refractivity contribution in [3.05, 3.63) is 54.1 Å². The fourth-order valence-corrected chi connectivity index (χ4v) is 2.53. The van der Waals surface area contributed by atoms with E-state index in [9.17, 15) is 18.0 Å². The lowest BCUT2D eigenvalue weighted by Crippen LogP contribution is -2.30. The zero-order valence-electron chi connectivity index (χ0n) is 13.7. The molecule has 7 nitrogen and oxygen atoms in total. The molecule has 8 heteroatoms. The van der Waals surface area contributed by atoms with E-state index in [2.05, 4.69) is 5.32 Å². The van der Waals surface area contributed by atoms with E-state index in [-0.39, 0.29) is 10.7 Å². The molecular weight excluding hydrogens is 344 g/mol. The number of rotatable bonds is 6. The van der Waals surface area contributed by atoms with E-state index in [0.29, 0.717) is 17.0 Å². The largest absolute Gasteiger partial charge is 0.481 e. The zero-order valence-corrected chi connectivity index (χ0v) is 14.5. The van der Waals surface area contributed by atoms with Gasteiger partial charge in [-0.15, -0.1) is 0 Å². The maximum absolute atomic E-state index is 12.2. The smallest absolute Gasteiger partial charge is 0.265 e. The Morgan fingerprint density at radius 1 is 1.12 bits per heavy atom. The number of sulfonamides is 1. The summed E-state index contributed by atoms with van der Waals surface area (Å²) >= 11 is 0. The van der Waals surface area contributed by atoms with Crippen molar-refractivity contribution in [1.82, 2.24) is 0 Å². The van der Waals surface area contributed by atoms with Crippen LogP contribution in [0.4, 0.5) is 5.69 Å². The fraction of sp³-hybridized carbons (Fsp3) is 0.176. The van der Waals surface area contributed by atoms with Gasteiger partial charge in [0.15, 0.2) is 11.9 Å². The summed E-state index contributed by atoms with van der Waals surface area (Å²) in [6.07, 6.45) is -0.819. The third-order valence-corrected chi connectivity index (χ3v) is 4.30. The van der Waals surface area contributed by atoms with Crippen LogP contribution < -0.4 is 15.2 Å². The molecule has 2 aromatic rings. The summed E-state index contributed by atoms with van der Waals surface area (Å²) in [6, 6.07) is 12.0. The predicted octanol–water partition coefficient (Wildman–Crippen LogP) is 1.94. The summed E-state index contributed by atoms with van der Waals surface area (Å²) in [5.74, 6) is -0.117. The van der Waals surface area contributed by atoms with Crippen molar-refractivity contribution in [3.63, 3.8) is 0 Å². The molecule has 25 heavy (non-hydrogen) atoms. The third kappa shape index (κ3) is 5.13. The van der Waals surface area contributed by atoms with Crippen molar-refractivity contribution in [1.29, 1.82) is 0 Å². The van der Waals surface area contributed by atoms with Crippen LogP contribution in [0.1, 0.15) is 24.2 Å². The molecule has 0 spiro atoms. The van der Waals surface area contributed by atoms with Crippen molar-refractivity contribution in [2.24, 2.45) is 5.14 Å². The SMILES string of the molecule is CC(=O)c1cccc(O[C@@H](C)C(=O)Nc2ccc(S(N)(=O)=O)cc2)c1. The van der Waals surface area contributed by atoms with Gasteiger partial charge in [0.05, 0.1) is 4.90 Å². The van der Waals surface area contributed by atoms with Gasteiger partial charge in [-0.2, -0.15) is 0 Å². The molecule has 0 heterocycles. The van der Waals surface area contributed by atoms with Gasteiger partial charge in [0.1, 0.15) is 5.75 Å². The Balaban J connectivity index is 2.03. The van der Waals surface area contributed by atoms with E-state index in [1.54, 1.807) is 31.2 Å². The second-order valence-electron chi connectivity index (χ2n) is 5.40. The van der Waals surface area contributed by atoms with E-state index >= 15 is 0 Å². The molecule has 1 amide bonds. The highest BCUT2D eigenvalue weighted by molar-refractivity contribution is 7.89. The van der Waals surface area contributed by atoms with Crippen molar-refractivity contribution in [3.8, 4) is 5.75 Å². The average Bonchev–Trinajstić information content (AvgIpc) is 2.54. The van der Waals surface area contributed by atoms with Crippen LogP contribution >= 0.6 is 0 Å². The number of primary sulfonamides is 1. The monoisotopic (exact) mass is 362 g/mol. The number of ether oxygens (including phenoxy) is 1. The molecule has 0 fully saturated rings. The Morgan fingerprint density at radius 2 is 1.76 bits per heavy atom. The molecule has 2 rings (SSSR count). The van der Waals surface area contributed by atoms with Gasteiger partial charge in [-0.05, 0) is 50.2 Å². The quantitative estimate of drug-likeness (QED) is 0.762. The second kappa shape index (κ2) is 7.45. The van der Waals surface area contributed by atoms with Crippen LogP contribution in [0.25, 0.3) is 0 Å². The minimum Gasteiger partial charge on any atom is -0.481 e. The number of nitrogens with one attached hydrogen (secondary N) is 1. The molecule has 0 aliphatic heterocycles. The minimum absolute atomic E-state index is 0.0455. The molecule has 2 aromatic carbocycles. The molecule has 0 aliphatic carbocycles. The molecule has 3 N–H and O–H groups in total. The van der Waals surface area contributed by atoms with Crippen molar-refractivity contribution >= 4 is 27.4 Å². The Hall–Kier alpha value is -2.71. The number of carbonyl (C=O) groups excluding carboxylic acids is 2. The molecule has 0 bridgehead atoms. The van der Waals surface area contributed by atoms with Crippen LogP contribution in [-0.4, -0.2) is 26.2 Å². The summed E-state index contributed by atoms with van der Waals surface area (Å²) in [7, 11) is -3.78.